The second-order valence-electron chi connectivity index (χ2n) is 3.60. The number of fused-ring (bicyclic) bond motifs is 1. The molecule has 0 fully saturated rings. The number of anilines is 1. The molecule has 0 bridgehead atoms. The van der Waals surface area contributed by atoms with E-state index < -0.39 is 0 Å². The van der Waals surface area contributed by atoms with Crippen LogP contribution in [-0.4, -0.2) is 9.97 Å². The number of furan rings is 1. The first-order valence-corrected chi connectivity index (χ1v) is 5.00. The van der Waals surface area contributed by atoms with Crippen molar-refractivity contribution in [3.8, 4) is 11.3 Å². The summed E-state index contributed by atoms with van der Waals surface area (Å²) in [6.45, 7) is 0. The van der Waals surface area contributed by atoms with Crippen LogP contribution in [0, 0.1) is 5.82 Å². The predicted octanol–water partition coefficient (Wildman–Crippen LogP) is 2.61. The van der Waals surface area contributed by atoms with Gasteiger partial charge in [-0.15, -0.1) is 0 Å². The molecule has 0 atom stereocenters. The molecule has 1 aromatic carbocycles. The van der Waals surface area contributed by atoms with Gasteiger partial charge in [-0.1, -0.05) is 12.1 Å². The Balaban J connectivity index is 2.18. The molecule has 17 heavy (non-hydrogen) atoms. The van der Waals surface area contributed by atoms with E-state index in [2.05, 4.69) is 9.97 Å². The Morgan fingerprint density at radius 2 is 1.94 bits per heavy atom. The Labute approximate surface area is 95.9 Å². The molecular formula is C12H8FN3O. The Hall–Kier alpha value is -2.43. The van der Waals surface area contributed by atoms with E-state index in [1.807, 2.05) is 0 Å². The summed E-state index contributed by atoms with van der Waals surface area (Å²) < 4.78 is 18.9. The zero-order valence-corrected chi connectivity index (χ0v) is 8.72. The van der Waals surface area contributed by atoms with Gasteiger partial charge in [-0.25, -0.2) is 14.4 Å². The van der Waals surface area contributed by atoms with Crippen molar-refractivity contribution in [1.82, 2.24) is 9.97 Å². The quantitative estimate of drug-likeness (QED) is 0.696. The first-order valence-electron chi connectivity index (χ1n) is 5.00. The van der Waals surface area contributed by atoms with Crippen molar-refractivity contribution < 1.29 is 8.81 Å². The van der Waals surface area contributed by atoms with Crippen LogP contribution in [0.2, 0.25) is 0 Å². The maximum Gasteiger partial charge on any atom is 0.219 e. The number of para-hydroxylation sites is 1. The van der Waals surface area contributed by atoms with Crippen molar-refractivity contribution in [2.24, 2.45) is 0 Å². The number of nitrogens with two attached hydrogens (primary N) is 1. The van der Waals surface area contributed by atoms with Gasteiger partial charge in [-0.2, -0.15) is 0 Å². The van der Waals surface area contributed by atoms with Crippen LogP contribution in [0.15, 0.2) is 41.1 Å². The molecule has 0 amide bonds. The van der Waals surface area contributed by atoms with Crippen LogP contribution in [0.25, 0.3) is 22.3 Å². The second kappa shape index (κ2) is 3.55. The molecule has 0 spiro atoms. The zero-order valence-electron chi connectivity index (χ0n) is 8.72. The third-order valence-corrected chi connectivity index (χ3v) is 2.45. The fourth-order valence-corrected chi connectivity index (χ4v) is 1.64. The number of nitrogen functional groups attached to an aromatic ring is 1. The van der Waals surface area contributed by atoms with Crippen LogP contribution in [-0.2, 0) is 0 Å². The zero-order chi connectivity index (χ0) is 11.8. The van der Waals surface area contributed by atoms with Gasteiger partial charge in [0.2, 0.25) is 5.95 Å². The van der Waals surface area contributed by atoms with Gasteiger partial charge >= 0.3 is 0 Å². The number of hydrogen-bond acceptors (Lipinski definition) is 4. The summed E-state index contributed by atoms with van der Waals surface area (Å²) in [5.74, 6) is 0.325. The average Bonchev–Trinajstić information content (AvgIpc) is 2.75. The van der Waals surface area contributed by atoms with Gasteiger partial charge in [0.05, 0.1) is 5.56 Å². The normalized spacial score (nSPS) is 10.9. The second-order valence-corrected chi connectivity index (χ2v) is 3.60. The van der Waals surface area contributed by atoms with Gasteiger partial charge in [-0.3, -0.25) is 0 Å². The maximum absolute atomic E-state index is 13.4. The monoisotopic (exact) mass is 229 g/mol. The van der Waals surface area contributed by atoms with E-state index in [0.717, 1.165) is 0 Å². The molecule has 0 radical (unpaired) electrons. The SMILES string of the molecule is Nc1ncc(-c2cc3cccc(F)c3o2)cn1. The Morgan fingerprint density at radius 3 is 2.65 bits per heavy atom. The van der Waals surface area contributed by atoms with Crippen LogP contribution in [0.1, 0.15) is 0 Å². The number of rotatable bonds is 1. The largest absolute Gasteiger partial charge is 0.453 e. The van der Waals surface area contributed by atoms with Crippen molar-refractivity contribution in [2.45, 2.75) is 0 Å². The van der Waals surface area contributed by atoms with Gasteiger partial charge in [-0.05, 0) is 12.1 Å². The van der Waals surface area contributed by atoms with E-state index in [9.17, 15) is 4.39 Å². The van der Waals surface area contributed by atoms with Crippen molar-refractivity contribution in [1.29, 1.82) is 0 Å². The molecule has 2 N–H and O–H groups in total. The van der Waals surface area contributed by atoms with Crippen LogP contribution in [0.4, 0.5) is 10.3 Å². The van der Waals surface area contributed by atoms with Crippen molar-refractivity contribution >= 4 is 16.9 Å². The smallest absolute Gasteiger partial charge is 0.219 e. The topological polar surface area (TPSA) is 64.9 Å². The molecule has 5 heteroatoms. The third kappa shape index (κ3) is 1.61. The number of halogens is 1. The summed E-state index contributed by atoms with van der Waals surface area (Å²) in [4.78, 5) is 7.72. The fraction of sp³-hybridized carbons (Fsp3) is 0. The highest BCUT2D eigenvalue weighted by Gasteiger charge is 2.09. The molecule has 4 nitrogen and oxygen atoms in total. The predicted molar refractivity (Wildman–Crippen MR) is 61.6 cm³/mol. The number of hydrogen-bond donors (Lipinski definition) is 1. The lowest BCUT2D eigenvalue weighted by molar-refractivity contribution is 0.568. The van der Waals surface area contributed by atoms with E-state index in [-0.39, 0.29) is 17.3 Å². The number of benzene rings is 1. The molecule has 3 rings (SSSR count). The molecule has 0 saturated carbocycles. The Morgan fingerprint density at radius 1 is 1.18 bits per heavy atom. The van der Waals surface area contributed by atoms with E-state index >= 15 is 0 Å². The van der Waals surface area contributed by atoms with Crippen molar-refractivity contribution in [3.05, 3.63) is 42.5 Å². The van der Waals surface area contributed by atoms with Gasteiger partial charge < -0.3 is 10.2 Å². The molecule has 0 aliphatic carbocycles. The molecule has 2 aromatic heterocycles. The number of nitrogens with zero attached hydrogens (tertiary/aromatic N) is 2. The lowest BCUT2D eigenvalue weighted by Gasteiger charge is -1.95. The minimum Gasteiger partial charge on any atom is -0.453 e. The Kier molecular flexibility index (Phi) is 2.04. The molecule has 2 heterocycles. The first kappa shape index (κ1) is 9.77. The molecule has 3 aromatic rings. The third-order valence-electron chi connectivity index (χ3n) is 2.45. The summed E-state index contributed by atoms with van der Waals surface area (Å²) in [6, 6.07) is 6.52. The minimum absolute atomic E-state index is 0.191. The maximum atomic E-state index is 13.4. The lowest BCUT2D eigenvalue weighted by atomic mass is 10.2. The minimum atomic E-state index is -0.384. The van der Waals surface area contributed by atoms with Crippen molar-refractivity contribution in [2.75, 3.05) is 5.73 Å². The molecule has 0 saturated heterocycles. The van der Waals surface area contributed by atoms with E-state index in [1.54, 1.807) is 18.2 Å². The molecule has 0 aliphatic heterocycles. The van der Waals surface area contributed by atoms with Crippen LogP contribution in [0.5, 0.6) is 0 Å². The van der Waals surface area contributed by atoms with Crippen LogP contribution >= 0.6 is 0 Å². The van der Waals surface area contributed by atoms with Gasteiger partial charge in [0, 0.05) is 17.8 Å². The average molecular weight is 229 g/mol. The van der Waals surface area contributed by atoms with Gasteiger partial charge in [0.1, 0.15) is 5.76 Å². The van der Waals surface area contributed by atoms with E-state index in [4.69, 9.17) is 10.2 Å². The highest BCUT2D eigenvalue weighted by atomic mass is 19.1. The molecule has 0 aliphatic rings. The van der Waals surface area contributed by atoms with Crippen LogP contribution in [0.3, 0.4) is 0 Å². The van der Waals surface area contributed by atoms with Gasteiger partial charge in [0.15, 0.2) is 11.4 Å². The molecule has 84 valence electrons. The fourth-order valence-electron chi connectivity index (χ4n) is 1.64. The standard InChI is InChI=1S/C12H8FN3O/c13-9-3-1-2-7-4-10(17-11(7)9)8-5-15-12(14)16-6-8/h1-6H,(H2,14,15,16). The van der Waals surface area contributed by atoms with E-state index in [1.165, 1.54) is 18.5 Å². The summed E-state index contributed by atoms with van der Waals surface area (Å²) >= 11 is 0. The first-order chi connectivity index (χ1) is 8.24. The Bertz CT molecular complexity index is 676. The summed E-state index contributed by atoms with van der Waals surface area (Å²) in [5, 5.41) is 0.705. The highest BCUT2D eigenvalue weighted by molar-refractivity contribution is 5.82. The summed E-state index contributed by atoms with van der Waals surface area (Å²) in [7, 11) is 0. The lowest BCUT2D eigenvalue weighted by Crippen LogP contribution is -1.92. The van der Waals surface area contributed by atoms with Gasteiger partial charge in [0.25, 0.3) is 0 Å². The van der Waals surface area contributed by atoms with Crippen molar-refractivity contribution in [3.63, 3.8) is 0 Å². The molecular weight excluding hydrogens is 221 g/mol. The van der Waals surface area contributed by atoms with E-state index in [0.29, 0.717) is 16.7 Å². The molecule has 0 unspecified atom stereocenters. The number of aromatic nitrogens is 2. The summed E-state index contributed by atoms with van der Waals surface area (Å²) in [6.07, 6.45) is 3.08. The highest BCUT2D eigenvalue weighted by Crippen LogP contribution is 2.28. The summed E-state index contributed by atoms with van der Waals surface area (Å²) in [5.41, 5.74) is 6.29. The van der Waals surface area contributed by atoms with Crippen LogP contribution < -0.4 is 5.73 Å².